The van der Waals surface area contributed by atoms with Crippen molar-refractivity contribution in [3.05, 3.63) is 35.8 Å². The van der Waals surface area contributed by atoms with Gasteiger partial charge in [-0.1, -0.05) is 24.3 Å². The molecule has 4 aromatic rings. The van der Waals surface area contributed by atoms with E-state index in [4.69, 9.17) is 15.9 Å². The van der Waals surface area contributed by atoms with E-state index in [0.717, 1.165) is 10.8 Å². The van der Waals surface area contributed by atoms with Crippen LogP contribution >= 0.6 is 0 Å². The Morgan fingerprint density at radius 3 is 1.47 bits per heavy atom. The molecule has 5 heteroatoms. The molecule has 0 aliphatic rings. The van der Waals surface area contributed by atoms with Crippen LogP contribution in [0.5, 0.6) is 0 Å². The molecular formula is C12H8N2O3. The number of fused-ring (bicyclic) bond motifs is 2. The number of hydrogen-bond donors (Lipinski definition) is 2. The quantitative estimate of drug-likeness (QED) is 0.689. The molecule has 0 aliphatic heterocycles. The van der Waals surface area contributed by atoms with Gasteiger partial charge in [0, 0.05) is 10.8 Å². The van der Waals surface area contributed by atoms with Gasteiger partial charge in [0.25, 0.3) is 11.8 Å². The van der Waals surface area contributed by atoms with Gasteiger partial charge >= 0.3 is 0 Å². The molecule has 0 spiro atoms. The molecule has 2 amide bonds. The Balaban J connectivity index is 2.59. The van der Waals surface area contributed by atoms with E-state index in [1.807, 2.05) is 24.3 Å². The smallest absolute Gasteiger partial charge is 0.285 e. The van der Waals surface area contributed by atoms with Gasteiger partial charge < -0.3 is 15.9 Å². The summed E-state index contributed by atoms with van der Waals surface area (Å²) in [6, 6.07) is 7.35. The molecule has 0 unspecified atom stereocenters. The molecule has 4 N–H and O–H groups in total. The summed E-state index contributed by atoms with van der Waals surface area (Å²) in [7, 11) is 0. The normalized spacial score (nSPS) is 11.3. The van der Waals surface area contributed by atoms with Crippen LogP contribution in [0.1, 0.15) is 21.1 Å². The number of carbonyl (C=O) groups excluding carboxylic acids is 2. The summed E-state index contributed by atoms with van der Waals surface area (Å²) >= 11 is 0. The highest BCUT2D eigenvalue weighted by Crippen LogP contribution is 2.35. The topological polar surface area (TPSA) is 99.3 Å². The minimum absolute atomic E-state index is 0.0185. The van der Waals surface area contributed by atoms with Crippen LogP contribution in [0, 0.1) is 0 Å². The zero-order valence-corrected chi connectivity index (χ0v) is 8.69. The van der Waals surface area contributed by atoms with Crippen LogP contribution in [-0.2, 0) is 0 Å². The summed E-state index contributed by atoms with van der Waals surface area (Å²) in [4.78, 5) is 22.6. The highest BCUT2D eigenvalue weighted by Gasteiger charge is 2.23. The molecule has 5 nitrogen and oxygen atoms in total. The molecule has 0 radical (unpaired) electrons. The number of primary amides is 2. The van der Waals surface area contributed by atoms with E-state index in [1.165, 1.54) is 0 Å². The fraction of sp³-hybridized carbons (Fsp3) is 0. The number of carbonyl (C=O) groups is 2. The number of furan rings is 1. The lowest BCUT2D eigenvalue weighted by molar-refractivity contribution is 0.0953. The number of hydrogen-bond acceptors (Lipinski definition) is 3. The van der Waals surface area contributed by atoms with Gasteiger partial charge in [-0.3, -0.25) is 9.59 Å². The Hall–Kier alpha value is -2.56. The molecule has 0 saturated heterocycles. The Bertz CT molecular complexity index is 675. The van der Waals surface area contributed by atoms with Crippen LogP contribution in [0.2, 0.25) is 0 Å². The maximum Gasteiger partial charge on any atom is 0.285 e. The van der Waals surface area contributed by atoms with Crippen molar-refractivity contribution in [2.45, 2.75) is 0 Å². The predicted molar refractivity (Wildman–Crippen MR) is 61.9 cm³/mol. The maximum absolute atomic E-state index is 11.3. The standard InChI is InChI=1S/C12H8N2O3/c13-11(15)9-7-5-1-2-6(4-3-5)8(7)10(17-9)12(14)16/h1-4H,(H2,13,15)(H2,14,16). The highest BCUT2D eigenvalue weighted by molar-refractivity contribution is 6.23. The molecule has 0 saturated carbocycles. The van der Waals surface area contributed by atoms with Crippen molar-refractivity contribution < 1.29 is 14.0 Å². The van der Waals surface area contributed by atoms with Crippen LogP contribution in [0.25, 0.3) is 21.5 Å². The van der Waals surface area contributed by atoms with Gasteiger partial charge in [-0.05, 0) is 10.8 Å². The van der Waals surface area contributed by atoms with Gasteiger partial charge in [-0.25, -0.2) is 0 Å². The average Bonchev–Trinajstić information content (AvgIpc) is 2.72. The molecule has 1 heterocycles. The van der Waals surface area contributed by atoms with E-state index < -0.39 is 11.8 Å². The van der Waals surface area contributed by atoms with Crippen LogP contribution < -0.4 is 11.5 Å². The fourth-order valence-corrected chi connectivity index (χ4v) is 2.13. The Kier molecular flexibility index (Phi) is 1.69. The summed E-state index contributed by atoms with van der Waals surface area (Å²) < 4.78 is 5.20. The van der Waals surface area contributed by atoms with Crippen LogP contribution in [0.3, 0.4) is 0 Å². The Morgan fingerprint density at radius 1 is 0.824 bits per heavy atom. The molecular weight excluding hydrogens is 220 g/mol. The van der Waals surface area contributed by atoms with Gasteiger partial charge in [0.15, 0.2) is 0 Å². The van der Waals surface area contributed by atoms with E-state index in [0.29, 0.717) is 10.8 Å². The van der Waals surface area contributed by atoms with Crippen molar-refractivity contribution in [2.24, 2.45) is 11.5 Å². The van der Waals surface area contributed by atoms with E-state index in [9.17, 15) is 9.59 Å². The van der Waals surface area contributed by atoms with Crippen molar-refractivity contribution in [2.75, 3.05) is 0 Å². The Labute approximate surface area is 95.3 Å². The molecule has 17 heavy (non-hydrogen) atoms. The van der Waals surface area contributed by atoms with Gasteiger partial charge in [0.2, 0.25) is 11.5 Å². The largest absolute Gasteiger partial charge is 0.444 e. The SMILES string of the molecule is NC(=O)c1oc(C(N)=O)c2c3ccc(cc3)c12. The van der Waals surface area contributed by atoms with Crippen molar-refractivity contribution in [1.29, 1.82) is 0 Å². The summed E-state index contributed by atoms with van der Waals surface area (Å²) in [5.74, 6) is -1.46. The minimum atomic E-state index is -0.712. The van der Waals surface area contributed by atoms with E-state index in [1.54, 1.807) is 0 Å². The second kappa shape index (κ2) is 2.98. The highest BCUT2D eigenvalue weighted by atomic mass is 16.4. The molecule has 0 fully saturated rings. The zero-order valence-electron chi connectivity index (χ0n) is 8.69. The summed E-state index contributed by atoms with van der Waals surface area (Å²) in [5.41, 5.74) is 10.5. The number of benzene rings is 3. The predicted octanol–water partition coefficient (Wildman–Crippen LogP) is 1.22. The minimum Gasteiger partial charge on any atom is -0.444 e. The summed E-state index contributed by atoms with van der Waals surface area (Å²) in [5, 5.41) is 2.71. The number of nitrogens with two attached hydrogens (primary N) is 2. The van der Waals surface area contributed by atoms with Crippen LogP contribution in [-0.4, -0.2) is 11.8 Å². The third-order valence-corrected chi connectivity index (χ3v) is 2.82. The maximum atomic E-state index is 11.3. The fourth-order valence-electron chi connectivity index (χ4n) is 2.13. The summed E-state index contributed by atoms with van der Waals surface area (Å²) in [6.07, 6.45) is 0. The molecule has 3 aromatic carbocycles. The van der Waals surface area contributed by atoms with Crippen molar-refractivity contribution in [3.63, 3.8) is 0 Å². The van der Waals surface area contributed by atoms with Gasteiger partial charge in [-0.2, -0.15) is 0 Å². The van der Waals surface area contributed by atoms with Crippen LogP contribution in [0.4, 0.5) is 0 Å². The first-order chi connectivity index (χ1) is 8.09. The molecule has 1 aromatic heterocycles. The lowest BCUT2D eigenvalue weighted by Crippen LogP contribution is -2.11. The number of rotatable bonds is 2. The van der Waals surface area contributed by atoms with Gasteiger partial charge in [-0.15, -0.1) is 0 Å². The van der Waals surface area contributed by atoms with Crippen molar-refractivity contribution >= 4 is 33.4 Å². The molecule has 0 atom stereocenters. The summed E-state index contributed by atoms with van der Waals surface area (Å²) in [6.45, 7) is 0. The third-order valence-electron chi connectivity index (χ3n) is 2.82. The average molecular weight is 228 g/mol. The first-order valence-corrected chi connectivity index (χ1v) is 4.97. The number of amides is 2. The van der Waals surface area contributed by atoms with Gasteiger partial charge in [0.05, 0.1) is 0 Å². The third kappa shape index (κ3) is 1.13. The molecule has 2 bridgehead atoms. The first-order valence-electron chi connectivity index (χ1n) is 4.97. The second-order valence-corrected chi connectivity index (χ2v) is 3.82. The lowest BCUT2D eigenvalue weighted by atomic mass is 9.99. The zero-order chi connectivity index (χ0) is 12.2. The molecule has 0 aliphatic carbocycles. The second-order valence-electron chi connectivity index (χ2n) is 3.82. The molecule has 84 valence electrons. The van der Waals surface area contributed by atoms with Crippen LogP contribution in [0.15, 0.2) is 28.7 Å². The Morgan fingerprint density at radius 2 is 1.18 bits per heavy atom. The van der Waals surface area contributed by atoms with E-state index >= 15 is 0 Å². The lowest BCUT2D eigenvalue weighted by Gasteiger charge is -2.01. The first kappa shape index (κ1) is 9.65. The van der Waals surface area contributed by atoms with E-state index in [-0.39, 0.29) is 11.5 Å². The monoisotopic (exact) mass is 228 g/mol. The molecule has 4 rings (SSSR count). The van der Waals surface area contributed by atoms with E-state index in [2.05, 4.69) is 0 Å². The van der Waals surface area contributed by atoms with Gasteiger partial charge in [0.1, 0.15) is 0 Å². The van der Waals surface area contributed by atoms with Crippen molar-refractivity contribution in [1.82, 2.24) is 0 Å². The van der Waals surface area contributed by atoms with Crippen molar-refractivity contribution in [3.8, 4) is 0 Å².